The SMILES string of the molecule is COc1ccc(C(C)CNC(C)=O)cc1OC1CCCC1. The maximum absolute atomic E-state index is 11.0. The van der Waals surface area contributed by atoms with Gasteiger partial charge in [0.05, 0.1) is 13.2 Å². The van der Waals surface area contributed by atoms with Gasteiger partial charge in [-0.3, -0.25) is 4.79 Å². The molecular weight excluding hydrogens is 266 g/mol. The summed E-state index contributed by atoms with van der Waals surface area (Å²) in [4.78, 5) is 11.0. The average molecular weight is 291 g/mol. The molecule has 2 rings (SSSR count). The number of hydrogen-bond donors (Lipinski definition) is 1. The third kappa shape index (κ3) is 4.38. The molecule has 0 spiro atoms. The number of benzene rings is 1. The predicted molar refractivity (Wildman–Crippen MR) is 83.0 cm³/mol. The van der Waals surface area contributed by atoms with E-state index in [1.807, 2.05) is 18.2 Å². The van der Waals surface area contributed by atoms with Crippen LogP contribution in [-0.2, 0) is 4.79 Å². The third-order valence-corrected chi connectivity index (χ3v) is 4.01. The van der Waals surface area contributed by atoms with E-state index >= 15 is 0 Å². The fourth-order valence-corrected chi connectivity index (χ4v) is 2.69. The number of nitrogens with one attached hydrogen (secondary N) is 1. The normalized spacial score (nSPS) is 16.5. The van der Waals surface area contributed by atoms with Gasteiger partial charge in [-0.25, -0.2) is 0 Å². The molecule has 116 valence electrons. The van der Waals surface area contributed by atoms with Gasteiger partial charge in [0.1, 0.15) is 0 Å². The molecule has 1 atom stereocenters. The van der Waals surface area contributed by atoms with E-state index in [1.165, 1.54) is 19.8 Å². The van der Waals surface area contributed by atoms with E-state index in [9.17, 15) is 4.79 Å². The van der Waals surface area contributed by atoms with Crippen LogP contribution in [0.15, 0.2) is 18.2 Å². The minimum absolute atomic E-state index is 0.00205. The largest absolute Gasteiger partial charge is 0.493 e. The Labute approximate surface area is 126 Å². The van der Waals surface area contributed by atoms with Gasteiger partial charge >= 0.3 is 0 Å². The van der Waals surface area contributed by atoms with E-state index in [-0.39, 0.29) is 11.8 Å². The Morgan fingerprint density at radius 1 is 1.33 bits per heavy atom. The smallest absolute Gasteiger partial charge is 0.216 e. The van der Waals surface area contributed by atoms with Crippen LogP contribution in [0.2, 0.25) is 0 Å². The summed E-state index contributed by atoms with van der Waals surface area (Å²) >= 11 is 0. The van der Waals surface area contributed by atoms with Gasteiger partial charge < -0.3 is 14.8 Å². The Hall–Kier alpha value is -1.71. The summed E-state index contributed by atoms with van der Waals surface area (Å²) in [5.74, 6) is 1.83. The molecule has 1 amide bonds. The molecule has 0 aromatic heterocycles. The molecule has 0 aliphatic heterocycles. The molecule has 4 nitrogen and oxygen atoms in total. The Balaban J connectivity index is 2.10. The number of amides is 1. The third-order valence-electron chi connectivity index (χ3n) is 4.01. The van der Waals surface area contributed by atoms with E-state index in [0.29, 0.717) is 12.6 Å². The molecule has 1 aliphatic rings. The fraction of sp³-hybridized carbons (Fsp3) is 0.588. The number of methoxy groups -OCH3 is 1. The Morgan fingerprint density at radius 2 is 2.05 bits per heavy atom. The molecule has 1 aromatic carbocycles. The summed E-state index contributed by atoms with van der Waals surface area (Å²) in [6, 6.07) is 6.03. The van der Waals surface area contributed by atoms with Crippen LogP contribution in [-0.4, -0.2) is 25.7 Å². The van der Waals surface area contributed by atoms with Gasteiger partial charge in [0.25, 0.3) is 0 Å². The quantitative estimate of drug-likeness (QED) is 0.875. The number of carbonyl (C=O) groups excluding carboxylic acids is 1. The van der Waals surface area contributed by atoms with Gasteiger partial charge in [0, 0.05) is 13.5 Å². The Bertz CT molecular complexity index is 481. The zero-order valence-corrected chi connectivity index (χ0v) is 13.1. The molecule has 1 unspecified atom stereocenters. The Morgan fingerprint density at radius 3 is 2.67 bits per heavy atom. The molecule has 1 fully saturated rings. The van der Waals surface area contributed by atoms with Gasteiger partial charge in [-0.2, -0.15) is 0 Å². The minimum atomic E-state index is -0.00205. The van der Waals surface area contributed by atoms with E-state index in [1.54, 1.807) is 7.11 Å². The summed E-state index contributed by atoms with van der Waals surface area (Å²) in [7, 11) is 1.66. The second-order valence-electron chi connectivity index (χ2n) is 5.77. The first-order chi connectivity index (χ1) is 10.1. The van der Waals surface area contributed by atoms with Crippen molar-refractivity contribution in [3.63, 3.8) is 0 Å². The van der Waals surface area contributed by atoms with E-state index in [4.69, 9.17) is 9.47 Å². The van der Waals surface area contributed by atoms with Gasteiger partial charge in [-0.1, -0.05) is 13.0 Å². The van der Waals surface area contributed by atoms with E-state index in [2.05, 4.69) is 12.2 Å². The first kappa shape index (κ1) is 15.7. The molecule has 1 N–H and O–H groups in total. The molecule has 1 saturated carbocycles. The van der Waals surface area contributed by atoms with Crippen molar-refractivity contribution in [2.75, 3.05) is 13.7 Å². The van der Waals surface area contributed by atoms with Crippen molar-refractivity contribution >= 4 is 5.91 Å². The zero-order valence-electron chi connectivity index (χ0n) is 13.1. The molecule has 1 aliphatic carbocycles. The summed E-state index contributed by atoms with van der Waals surface area (Å²) < 4.78 is 11.5. The summed E-state index contributed by atoms with van der Waals surface area (Å²) in [6.07, 6.45) is 5.03. The second-order valence-corrected chi connectivity index (χ2v) is 5.77. The van der Waals surface area contributed by atoms with Gasteiger partial charge in [0.15, 0.2) is 11.5 Å². The molecule has 0 bridgehead atoms. The van der Waals surface area contributed by atoms with Crippen LogP contribution in [0.1, 0.15) is 51.0 Å². The van der Waals surface area contributed by atoms with E-state index < -0.39 is 0 Å². The van der Waals surface area contributed by atoms with Crippen LogP contribution in [0, 0.1) is 0 Å². The van der Waals surface area contributed by atoms with Crippen molar-refractivity contribution in [2.45, 2.75) is 51.6 Å². The van der Waals surface area contributed by atoms with Gasteiger partial charge in [0.2, 0.25) is 5.91 Å². The van der Waals surface area contributed by atoms with Gasteiger partial charge in [-0.15, -0.1) is 0 Å². The number of hydrogen-bond acceptors (Lipinski definition) is 3. The van der Waals surface area contributed by atoms with Crippen molar-refractivity contribution < 1.29 is 14.3 Å². The highest BCUT2D eigenvalue weighted by atomic mass is 16.5. The average Bonchev–Trinajstić information content (AvgIpc) is 2.97. The van der Waals surface area contributed by atoms with Crippen molar-refractivity contribution in [1.29, 1.82) is 0 Å². The monoisotopic (exact) mass is 291 g/mol. The first-order valence-electron chi connectivity index (χ1n) is 7.69. The lowest BCUT2D eigenvalue weighted by atomic mass is 10.0. The molecular formula is C17H25NO3. The highest BCUT2D eigenvalue weighted by molar-refractivity contribution is 5.72. The zero-order chi connectivity index (χ0) is 15.2. The summed E-state index contributed by atoms with van der Waals surface area (Å²) in [6.45, 7) is 4.26. The van der Waals surface area contributed by atoms with E-state index in [0.717, 1.165) is 29.9 Å². The van der Waals surface area contributed by atoms with Crippen molar-refractivity contribution in [1.82, 2.24) is 5.32 Å². The van der Waals surface area contributed by atoms with Crippen LogP contribution in [0.5, 0.6) is 11.5 Å². The van der Waals surface area contributed by atoms with Crippen LogP contribution in [0.3, 0.4) is 0 Å². The molecule has 0 heterocycles. The molecule has 1 aromatic rings. The summed E-state index contributed by atoms with van der Waals surface area (Å²) in [5.41, 5.74) is 1.15. The summed E-state index contributed by atoms with van der Waals surface area (Å²) in [5, 5.41) is 2.85. The molecule has 0 radical (unpaired) electrons. The highest BCUT2D eigenvalue weighted by Gasteiger charge is 2.19. The maximum Gasteiger partial charge on any atom is 0.216 e. The van der Waals surface area contributed by atoms with Crippen molar-refractivity contribution in [3.8, 4) is 11.5 Å². The highest BCUT2D eigenvalue weighted by Crippen LogP contribution is 2.34. The van der Waals surface area contributed by atoms with Crippen LogP contribution < -0.4 is 14.8 Å². The molecule has 21 heavy (non-hydrogen) atoms. The minimum Gasteiger partial charge on any atom is -0.493 e. The lowest BCUT2D eigenvalue weighted by Crippen LogP contribution is -2.24. The topological polar surface area (TPSA) is 47.6 Å². The van der Waals surface area contributed by atoms with Crippen molar-refractivity contribution in [2.24, 2.45) is 0 Å². The number of rotatable bonds is 6. The van der Waals surface area contributed by atoms with Crippen LogP contribution >= 0.6 is 0 Å². The lowest BCUT2D eigenvalue weighted by molar-refractivity contribution is -0.119. The maximum atomic E-state index is 11.0. The molecule has 4 heteroatoms. The van der Waals surface area contributed by atoms with Crippen LogP contribution in [0.25, 0.3) is 0 Å². The van der Waals surface area contributed by atoms with Crippen LogP contribution in [0.4, 0.5) is 0 Å². The lowest BCUT2D eigenvalue weighted by Gasteiger charge is -2.19. The molecule has 0 saturated heterocycles. The first-order valence-corrected chi connectivity index (χ1v) is 7.69. The van der Waals surface area contributed by atoms with Crippen molar-refractivity contribution in [3.05, 3.63) is 23.8 Å². The van der Waals surface area contributed by atoms with Gasteiger partial charge in [-0.05, 0) is 49.3 Å². The number of ether oxygens (including phenoxy) is 2. The second kappa shape index (κ2) is 7.34. The number of carbonyl (C=O) groups is 1. The Kier molecular flexibility index (Phi) is 5.48. The predicted octanol–water partition coefficient (Wildman–Crippen LogP) is 3.26. The standard InChI is InChI=1S/C17H25NO3/c1-12(11-18-13(2)19)14-8-9-16(20-3)17(10-14)21-15-6-4-5-7-15/h8-10,12,15H,4-7,11H2,1-3H3,(H,18,19). The fourth-order valence-electron chi connectivity index (χ4n) is 2.69.